The molecule has 0 amide bonds. The van der Waals surface area contributed by atoms with Gasteiger partial charge in [0.25, 0.3) is 0 Å². The lowest BCUT2D eigenvalue weighted by Crippen LogP contribution is -2.13. The van der Waals surface area contributed by atoms with Gasteiger partial charge in [-0.1, -0.05) is 24.4 Å². The number of aryl methyl sites for hydroxylation is 3. The van der Waals surface area contributed by atoms with Crippen molar-refractivity contribution in [1.82, 2.24) is 19.9 Å². The van der Waals surface area contributed by atoms with Crippen molar-refractivity contribution in [1.29, 1.82) is 0 Å². The molecular weight excluding hydrogens is 404 g/mol. The molecule has 0 saturated heterocycles. The molecule has 3 heterocycles. The van der Waals surface area contributed by atoms with E-state index in [2.05, 4.69) is 70.8 Å². The predicted octanol–water partition coefficient (Wildman–Crippen LogP) is 4.69. The third-order valence-corrected chi connectivity index (χ3v) is 5.63. The number of aromatic nitrogens is 3. The lowest BCUT2D eigenvalue weighted by atomic mass is 10.0. The number of nitrogens with zero attached hydrogens (tertiary/aromatic N) is 4. The first-order valence-electron chi connectivity index (χ1n) is 10.5. The molecule has 2 N–H and O–H groups in total. The van der Waals surface area contributed by atoms with Gasteiger partial charge in [0.15, 0.2) is 0 Å². The Balaban J connectivity index is 1.63. The first-order valence-corrected chi connectivity index (χ1v) is 10.9. The predicted molar refractivity (Wildman–Crippen MR) is 131 cm³/mol. The molecule has 6 nitrogen and oxygen atoms in total. The van der Waals surface area contributed by atoms with Crippen LogP contribution >= 0.6 is 12.2 Å². The van der Waals surface area contributed by atoms with E-state index >= 15 is 0 Å². The normalized spacial score (nSPS) is 12.7. The molecule has 0 saturated carbocycles. The first kappa shape index (κ1) is 21.3. The van der Waals surface area contributed by atoms with Gasteiger partial charge in [-0.15, -0.1) is 0 Å². The summed E-state index contributed by atoms with van der Waals surface area (Å²) in [5.74, 6) is 0.563. The number of hydrogen-bond acceptors (Lipinski definition) is 6. The topological polar surface area (TPSA) is 66.0 Å². The minimum atomic E-state index is 0.563. The third kappa shape index (κ3) is 5.06. The number of thiocarbonyl (C=S) groups is 1. The maximum atomic E-state index is 5.51. The zero-order valence-corrected chi connectivity index (χ0v) is 19.3. The van der Waals surface area contributed by atoms with Crippen LogP contribution in [0.3, 0.4) is 0 Å². The van der Waals surface area contributed by atoms with Gasteiger partial charge in [-0.2, -0.15) is 0 Å². The van der Waals surface area contributed by atoms with Crippen LogP contribution in [0, 0.1) is 13.8 Å². The molecule has 4 rings (SSSR count). The molecule has 0 radical (unpaired) electrons. The largest absolute Gasteiger partial charge is 0.349 e. The van der Waals surface area contributed by atoms with Gasteiger partial charge < -0.3 is 15.5 Å². The summed E-state index contributed by atoms with van der Waals surface area (Å²) in [6.45, 7) is 5.13. The zero-order valence-electron chi connectivity index (χ0n) is 18.5. The molecule has 0 atom stereocenters. The Bertz CT molecular complexity index is 1130. The van der Waals surface area contributed by atoms with Crippen LogP contribution in [0.5, 0.6) is 0 Å². The summed E-state index contributed by atoms with van der Waals surface area (Å²) < 4.78 is 0. The minimum Gasteiger partial charge on any atom is -0.349 e. The molecule has 0 aliphatic carbocycles. The van der Waals surface area contributed by atoms with E-state index < -0.39 is 0 Å². The molecule has 2 aromatic heterocycles. The molecule has 0 bridgehead atoms. The number of hydrogen-bond donors (Lipinski definition) is 2. The third-order valence-electron chi connectivity index (χ3n) is 5.38. The number of nitrogens with one attached hydrogen (secondary N) is 2. The Morgan fingerprint density at radius 3 is 2.77 bits per heavy atom. The Morgan fingerprint density at radius 2 is 1.97 bits per heavy atom. The Labute approximate surface area is 189 Å². The molecule has 7 heteroatoms. The summed E-state index contributed by atoms with van der Waals surface area (Å²) in [5.41, 5.74) is 8.22. The van der Waals surface area contributed by atoms with Gasteiger partial charge in [0, 0.05) is 35.6 Å². The highest BCUT2D eigenvalue weighted by atomic mass is 32.1. The highest BCUT2D eigenvalue weighted by molar-refractivity contribution is 7.80. The van der Waals surface area contributed by atoms with Gasteiger partial charge >= 0.3 is 0 Å². The maximum absolute atomic E-state index is 5.51. The van der Waals surface area contributed by atoms with Crippen LogP contribution in [0.2, 0.25) is 0 Å². The maximum Gasteiger partial charge on any atom is 0.227 e. The van der Waals surface area contributed by atoms with Crippen molar-refractivity contribution in [3.8, 4) is 11.3 Å². The summed E-state index contributed by atoms with van der Waals surface area (Å²) in [6.07, 6.45) is 6.54. The lowest BCUT2D eigenvalue weighted by molar-refractivity contribution is 0.400. The Morgan fingerprint density at radius 1 is 1.13 bits per heavy atom. The molecule has 31 heavy (non-hydrogen) atoms. The second-order valence-electron chi connectivity index (χ2n) is 8.35. The fourth-order valence-corrected chi connectivity index (χ4v) is 3.99. The average Bonchev–Trinajstić information content (AvgIpc) is 2.84. The van der Waals surface area contributed by atoms with E-state index in [1.54, 1.807) is 0 Å². The standard InChI is InChI=1S/C24H28N6S/c1-15-7-8-19-21(10-15)27-22(31)12-18-14-26-24(29-23(18)19)28-20-11-17(13-25-16(20)2)6-5-9-30(3)4/h7-8,10-11,13-14H,5-6,9,12H2,1-4H3,(H,27,31)(H,26,28,29). The van der Waals surface area contributed by atoms with E-state index in [1.165, 1.54) is 11.1 Å². The van der Waals surface area contributed by atoms with Crippen molar-refractivity contribution >= 4 is 34.5 Å². The van der Waals surface area contributed by atoms with E-state index in [-0.39, 0.29) is 0 Å². The van der Waals surface area contributed by atoms with Crippen molar-refractivity contribution in [2.24, 2.45) is 0 Å². The molecule has 1 aliphatic rings. The van der Waals surface area contributed by atoms with Gasteiger partial charge in [-0.3, -0.25) is 4.98 Å². The second-order valence-corrected chi connectivity index (χ2v) is 8.84. The van der Waals surface area contributed by atoms with Crippen molar-refractivity contribution in [3.63, 3.8) is 0 Å². The highest BCUT2D eigenvalue weighted by Crippen LogP contribution is 2.34. The molecule has 3 aromatic rings. The van der Waals surface area contributed by atoms with Crippen LogP contribution in [-0.4, -0.2) is 45.5 Å². The SMILES string of the molecule is Cc1ccc2c(c1)NC(=S)Cc1cnc(Nc3cc(CCCN(C)C)cnc3C)nc1-2. The van der Waals surface area contributed by atoms with Crippen LogP contribution in [0.25, 0.3) is 11.3 Å². The van der Waals surface area contributed by atoms with Crippen LogP contribution in [0.15, 0.2) is 36.7 Å². The molecular formula is C24H28N6S. The number of rotatable bonds is 6. The van der Waals surface area contributed by atoms with Gasteiger partial charge in [0.2, 0.25) is 5.95 Å². The summed E-state index contributed by atoms with van der Waals surface area (Å²) in [5, 5.41) is 6.74. The van der Waals surface area contributed by atoms with E-state index in [0.717, 1.165) is 58.3 Å². The minimum absolute atomic E-state index is 0.563. The monoisotopic (exact) mass is 432 g/mol. The van der Waals surface area contributed by atoms with Gasteiger partial charge in [-0.25, -0.2) is 9.97 Å². The molecule has 1 aliphatic heterocycles. The van der Waals surface area contributed by atoms with Crippen molar-refractivity contribution < 1.29 is 0 Å². The van der Waals surface area contributed by atoms with Gasteiger partial charge in [-0.05, 0) is 70.6 Å². The smallest absolute Gasteiger partial charge is 0.227 e. The highest BCUT2D eigenvalue weighted by Gasteiger charge is 2.19. The average molecular weight is 433 g/mol. The summed E-state index contributed by atoms with van der Waals surface area (Å²) in [4.78, 5) is 17.0. The number of fused-ring (bicyclic) bond motifs is 3. The van der Waals surface area contributed by atoms with Crippen LogP contribution in [-0.2, 0) is 12.8 Å². The molecule has 160 valence electrons. The first-order chi connectivity index (χ1) is 14.9. The molecule has 0 fully saturated rings. The summed E-state index contributed by atoms with van der Waals surface area (Å²) >= 11 is 5.51. The molecule has 0 spiro atoms. The Kier molecular flexibility index (Phi) is 6.25. The fraction of sp³-hybridized carbons (Fsp3) is 0.333. The fourth-order valence-electron chi connectivity index (χ4n) is 3.72. The van der Waals surface area contributed by atoms with Crippen molar-refractivity contribution in [2.45, 2.75) is 33.1 Å². The van der Waals surface area contributed by atoms with Crippen molar-refractivity contribution in [2.75, 3.05) is 31.3 Å². The molecule has 1 aromatic carbocycles. The van der Waals surface area contributed by atoms with E-state index in [0.29, 0.717) is 12.4 Å². The number of pyridine rings is 1. The molecule has 0 unspecified atom stereocenters. The number of anilines is 3. The van der Waals surface area contributed by atoms with E-state index in [9.17, 15) is 0 Å². The quantitative estimate of drug-likeness (QED) is 0.548. The summed E-state index contributed by atoms with van der Waals surface area (Å²) in [6, 6.07) is 8.46. The zero-order chi connectivity index (χ0) is 22.0. The summed E-state index contributed by atoms with van der Waals surface area (Å²) in [7, 11) is 4.19. The van der Waals surface area contributed by atoms with Crippen LogP contribution < -0.4 is 10.6 Å². The van der Waals surface area contributed by atoms with Crippen molar-refractivity contribution in [3.05, 3.63) is 59.0 Å². The lowest BCUT2D eigenvalue weighted by Gasteiger charge is -2.13. The van der Waals surface area contributed by atoms with Crippen LogP contribution in [0.4, 0.5) is 17.3 Å². The van der Waals surface area contributed by atoms with Gasteiger partial charge in [0.05, 0.1) is 22.1 Å². The second kappa shape index (κ2) is 9.08. The number of benzene rings is 1. The van der Waals surface area contributed by atoms with E-state index in [4.69, 9.17) is 17.2 Å². The van der Waals surface area contributed by atoms with Gasteiger partial charge in [0.1, 0.15) is 0 Å². The van der Waals surface area contributed by atoms with E-state index in [1.807, 2.05) is 19.3 Å². The Hall–Kier alpha value is -2.90. The van der Waals surface area contributed by atoms with Crippen LogP contribution in [0.1, 0.15) is 28.8 Å².